The maximum atomic E-state index is 13.7. The maximum absolute atomic E-state index is 13.7. The van der Waals surface area contributed by atoms with Crippen LogP contribution in [0.25, 0.3) is 16.9 Å². The SMILES string of the molecule is Cc1ccc(-c2c(Nc3ccc(Br)cc3)c3c(n2-c2ccc(Cl)c(Cl)c2)CC(C)(C)CC3=O)cc1. The molecule has 3 nitrogen and oxygen atoms in total. The molecule has 0 radical (unpaired) electrons. The van der Waals surface area contributed by atoms with Crippen molar-refractivity contribution in [1.82, 2.24) is 4.57 Å². The molecule has 35 heavy (non-hydrogen) atoms. The Morgan fingerprint density at radius 2 is 1.60 bits per heavy atom. The van der Waals surface area contributed by atoms with Crippen molar-refractivity contribution in [2.24, 2.45) is 5.41 Å². The first-order valence-corrected chi connectivity index (χ1v) is 13.0. The summed E-state index contributed by atoms with van der Waals surface area (Å²) in [7, 11) is 0. The number of halogens is 3. The molecule has 178 valence electrons. The predicted octanol–water partition coefficient (Wildman–Crippen LogP) is 9.42. The zero-order valence-corrected chi connectivity index (χ0v) is 22.9. The topological polar surface area (TPSA) is 34.0 Å². The van der Waals surface area contributed by atoms with Gasteiger partial charge >= 0.3 is 0 Å². The molecule has 3 aromatic carbocycles. The van der Waals surface area contributed by atoms with Crippen LogP contribution in [0.5, 0.6) is 0 Å². The van der Waals surface area contributed by atoms with Crippen molar-refractivity contribution in [3.8, 4) is 16.9 Å². The van der Waals surface area contributed by atoms with Crippen LogP contribution in [-0.4, -0.2) is 10.4 Å². The van der Waals surface area contributed by atoms with Crippen molar-refractivity contribution >= 4 is 56.3 Å². The quantitative estimate of drug-likeness (QED) is 0.266. The molecule has 0 bridgehead atoms. The second kappa shape index (κ2) is 9.16. The summed E-state index contributed by atoms with van der Waals surface area (Å²) in [5, 5.41) is 4.57. The summed E-state index contributed by atoms with van der Waals surface area (Å²) in [6, 6.07) is 22.0. The molecule has 5 rings (SSSR count). The lowest BCUT2D eigenvalue weighted by Crippen LogP contribution is -2.28. The number of ketones is 1. The van der Waals surface area contributed by atoms with E-state index in [0.29, 0.717) is 16.5 Å². The Morgan fingerprint density at radius 3 is 2.26 bits per heavy atom. The third kappa shape index (κ3) is 4.67. The number of carbonyl (C=O) groups is 1. The summed E-state index contributed by atoms with van der Waals surface area (Å²) in [5.74, 6) is 0.142. The van der Waals surface area contributed by atoms with Crippen molar-refractivity contribution in [3.05, 3.63) is 98.1 Å². The first-order valence-electron chi connectivity index (χ1n) is 11.5. The van der Waals surface area contributed by atoms with E-state index < -0.39 is 0 Å². The van der Waals surface area contributed by atoms with Gasteiger partial charge in [-0.05, 0) is 61.2 Å². The fraction of sp³-hybridized carbons (Fsp3) is 0.207. The fourth-order valence-corrected chi connectivity index (χ4v) is 5.38. The van der Waals surface area contributed by atoms with Gasteiger partial charge in [-0.15, -0.1) is 0 Å². The van der Waals surface area contributed by atoms with E-state index in [4.69, 9.17) is 23.2 Å². The van der Waals surface area contributed by atoms with Gasteiger partial charge in [-0.25, -0.2) is 0 Å². The number of hydrogen-bond acceptors (Lipinski definition) is 2. The van der Waals surface area contributed by atoms with Gasteiger partial charge in [0.15, 0.2) is 5.78 Å². The summed E-state index contributed by atoms with van der Waals surface area (Å²) < 4.78 is 3.18. The highest BCUT2D eigenvalue weighted by atomic mass is 79.9. The Kier molecular flexibility index (Phi) is 6.33. The number of rotatable bonds is 4. The van der Waals surface area contributed by atoms with E-state index in [1.165, 1.54) is 5.56 Å². The van der Waals surface area contributed by atoms with Crippen LogP contribution in [0.4, 0.5) is 11.4 Å². The van der Waals surface area contributed by atoms with Crippen molar-refractivity contribution in [2.45, 2.75) is 33.6 Å². The molecule has 0 spiro atoms. The average molecular weight is 568 g/mol. The van der Waals surface area contributed by atoms with Crippen LogP contribution >= 0.6 is 39.1 Å². The van der Waals surface area contributed by atoms with E-state index in [2.05, 4.69) is 70.9 Å². The highest BCUT2D eigenvalue weighted by molar-refractivity contribution is 9.10. The molecular formula is C29H25BrCl2N2O. The molecule has 0 aliphatic heterocycles. The summed E-state index contributed by atoms with van der Waals surface area (Å²) in [4.78, 5) is 13.7. The molecule has 0 unspecified atom stereocenters. The minimum Gasteiger partial charge on any atom is -0.353 e. The number of aromatic nitrogens is 1. The second-order valence-corrected chi connectivity index (χ2v) is 11.6. The number of aryl methyl sites for hydroxylation is 1. The van der Waals surface area contributed by atoms with Gasteiger partial charge in [-0.2, -0.15) is 0 Å². The monoisotopic (exact) mass is 566 g/mol. The Bertz CT molecular complexity index is 1440. The van der Waals surface area contributed by atoms with Gasteiger partial charge in [-0.3, -0.25) is 4.79 Å². The smallest absolute Gasteiger partial charge is 0.167 e. The number of nitrogens with zero attached hydrogens (tertiary/aromatic N) is 1. The largest absolute Gasteiger partial charge is 0.353 e. The number of hydrogen-bond donors (Lipinski definition) is 1. The Morgan fingerprint density at radius 1 is 0.914 bits per heavy atom. The molecule has 1 heterocycles. The van der Waals surface area contributed by atoms with E-state index in [1.807, 2.05) is 42.5 Å². The molecule has 0 saturated heterocycles. The lowest BCUT2D eigenvalue weighted by molar-refractivity contribution is 0.0912. The third-order valence-electron chi connectivity index (χ3n) is 6.43. The molecular weight excluding hydrogens is 543 g/mol. The zero-order chi connectivity index (χ0) is 24.9. The van der Waals surface area contributed by atoms with Crippen LogP contribution < -0.4 is 5.32 Å². The number of benzene rings is 3. The summed E-state index contributed by atoms with van der Waals surface area (Å²) in [6.45, 7) is 6.36. The molecule has 0 atom stereocenters. The van der Waals surface area contributed by atoms with Gasteiger partial charge in [-0.1, -0.05) is 82.8 Å². The molecule has 6 heteroatoms. The molecule has 0 saturated carbocycles. The zero-order valence-electron chi connectivity index (χ0n) is 19.8. The first-order chi connectivity index (χ1) is 16.6. The molecule has 1 aliphatic rings. The van der Waals surface area contributed by atoms with Gasteiger partial charge < -0.3 is 9.88 Å². The minimum absolute atomic E-state index is 0.142. The molecule has 1 aromatic heterocycles. The fourth-order valence-electron chi connectivity index (χ4n) is 4.82. The minimum atomic E-state index is -0.157. The van der Waals surface area contributed by atoms with Crippen molar-refractivity contribution in [3.63, 3.8) is 0 Å². The van der Waals surface area contributed by atoms with Crippen LogP contribution in [0.3, 0.4) is 0 Å². The Labute approximate surface area is 224 Å². The van der Waals surface area contributed by atoms with Gasteiger partial charge in [0, 0.05) is 33.5 Å². The molecule has 1 N–H and O–H groups in total. The van der Waals surface area contributed by atoms with Gasteiger partial charge in [0.2, 0.25) is 0 Å². The standard InChI is InChI=1S/C29H25BrCl2N2O/c1-17-4-6-18(7-5-17)28-27(33-20-10-8-19(30)9-11-20)26-24(15-29(2,3)16-25(26)35)34(28)21-12-13-22(31)23(32)14-21/h4-14,33H,15-16H2,1-3H3. The van der Waals surface area contributed by atoms with E-state index in [9.17, 15) is 4.79 Å². The summed E-state index contributed by atoms with van der Waals surface area (Å²) in [6.07, 6.45) is 1.25. The number of fused-ring (bicyclic) bond motifs is 1. The van der Waals surface area contributed by atoms with Crippen molar-refractivity contribution < 1.29 is 4.79 Å². The van der Waals surface area contributed by atoms with Gasteiger partial charge in [0.25, 0.3) is 0 Å². The van der Waals surface area contributed by atoms with Crippen molar-refractivity contribution in [2.75, 3.05) is 5.32 Å². The number of Topliss-reactive ketones (excluding diaryl/α,β-unsaturated/α-hetero) is 1. The van der Waals surface area contributed by atoms with E-state index in [0.717, 1.165) is 50.5 Å². The van der Waals surface area contributed by atoms with Gasteiger partial charge in [0.1, 0.15) is 0 Å². The van der Waals surface area contributed by atoms with Gasteiger partial charge in [0.05, 0.1) is 27.0 Å². The summed E-state index contributed by atoms with van der Waals surface area (Å²) in [5.41, 5.74) is 7.30. The highest BCUT2D eigenvalue weighted by Crippen LogP contribution is 2.47. The number of carbonyl (C=O) groups excluding carboxylic acids is 1. The molecule has 0 amide bonds. The van der Waals surface area contributed by atoms with Crippen LogP contribution in [0.1, 0.15) is 41.9 Å². The normalized spacial score (nSPS) is 14.6. The first kappa shape index (κ1) is 24.2. The summed E-state index contributed by atoms with van der Waals surface area (Å²) >= 11 is 16.2. The maximum Gasteiger partial charge on any atom is 0.167 e. The van der Waals surface area contributed by atoms with E-state index in [-0.39, 0.29) is 11.2 Å². The third-order valence-corrected chi connectivity index (χ3v) is 7.70. The highest BCUT2D eigenvalue weighted by Gasteiger charge is 2.38. The average Bonchev–Trinajstić information content (AvgIpc) is 3.10. The van der Waals surface area contributed by atoms with Crippen LogP contribution in [0.15, 0.2) is 71.2 Å². The van der Waals surface area contributed by atoms with E-state index in [1.54, 1.807) is 0 Å². The lowest BCUT2D eigenvalue weighted by Gasteiger charge is -2.30. The molecule has 1 aliphatic carbocycles. The lowest BCUT2D eigenvalue weighted by atomic mass is 9.76. The Hall–Kier alpha value is -2.53. The Balaban J connectivity index is 1.85. The van der Waals surface area contributed by atoms with Crippen LogP contribution in [-0.2, 0) is 6.42 Å². The molecule has 4 aromatic rings. The molecule has 0 fully saturated rings. The van der Waals surface area contributed by atoms with E-state index >= 15 is 0 Å². The van der Waals surface area contributed by atoms with Crippen LogP contribution in [0.2, 0.25) is 10.0 Å². The second-order valence-electron chi connectivity index (χ2n) is 9.92. The predicted molar refractivity (Wildman–Crippen MR) is 150 cm³/mol. The number of nitrogens with one attached hydrogen (secondary N) is 1. The van der Waals surface area contributed by atoms with Crippen LogP contribution in [0, 0.1) is 12.3 Å². The van der Waals surface area contributed by atoms with Crippen molar-refractivity contribution in [1.29, 1.82) is 0 Å². The number of anilines is 2.